The van der Waals surface area contributed by atoms with Gasteiger partial charge in [0, 0.05) is 11.7 Å². The number of hydrogen-bond acceptors (Lipinski definition) is 3. The molecule has 0 heterocycles. The smallest absolute Gasteiger partial charge is 0.323 e. The van der Waals surface area contributed by atoms with Crippen LogP contribution in [0.5, 0.6) is 5.75 Å². The van der Waals surface area contributed by atoms with Crippen molar-refractivity contribution < 1.29 is 19.8 Å². The fourth-order valence-electron chi connectivity index (χ4n) is 2.25. The third-order valence-corrected chi connectivity index (χ3v) is 3.45. The first kappa shape index (κ1) is 15.2. The molecule has 2 amide bonds. The number of urea groups is 1. The number of carboxylic acid groups (broad SMARTS) is 1. The van der Waals surface area contributed by atoms with E-state index < -0.39 is 18.5 Å². The van der Waals surface area contributed by atoms with Crippen LogP contribution in [0, 0.1) is 5.92 Å². The second kappa shape index (κ2) is 6.47. The molecule has 1 saturated carbocycles. The Kier molecular flexibility index (Phi) is 4.67. The molecular formula is C15H20N2O4. The maximum atomic E-state index is 12.3. The molecule has 1 fully saturated rings. The van der Waals surface area contributed by atoms with Gasteiger partial charge in [-0.1, -0.05) is 12.8 Å². The monoisotopic (exact) mass is 292 g/mol. The standard InChI is InChI=1S/C15H20N2O4/c1-10(8-11-2-3-11)16-15(21)17(9-14(19)20)12-4-6-13(18)7-5-12/h4-7,10-11,18H,2-3,8-9H2,1H3,(H,16,21)(H,19,20). The minimum atomic E-state index is -1.09. The number of carboxylic acids is 1. The minimum absolute atomic E-state index is 0.0124. The van der Waals surface area contributed by atoms with Crippen LogP contribution in [0.3, 0.4) is 0 Å². The van der Waals surface area contributed by atoms with Gasteiger partial charge in [-0.25, -0.2) is 4.79 Å². The maximum Gasteiger partial charge on any atom is 0.323 e. The number of benzene rings is 1. The van der Waals surface area contributed by atoms with E-state index in [9.17, 15) is 14.7 Å². The van der Waals surface area contributed by atoms with E-state index >= 15 is 0 Å². The lowest BCUT2D eigenvalue weighted by Gasteiger charge is -2.24. The zero-order valence-electron chi connectivity index (χ0n) is 12.0. The summed E-state index contributed by atoms with van der Waals surface area (Å²) in [7, 11) is 0. The van der Waals surface area contributed by atoms with Crippen molar-refractivity contribution in [3.8, 4) is 5.75 Å². The van der Waals surface area contributed by atoms with Crippen LogP contribution in [0.1, 0.15) is 26.2 Å². The molecule has 0 aromatic heterocycles. The number of carbonyl (C=O) groups is 2. The van der Waals surface area contributed by atoms with Crippen LogP contribution >= 0.6 is 0 Å². The molecule has 1 aromatic rings. The molecule has 0 aliphatic heterocycles. The number of nitrogens with zero attached hydrogens (tertiary/aromatic N) is 1. The molecule has 6 heteroatoms. The van der Waals surface area contributed by atoms with Crippen LogP contribution in [0.2, 0.25) is 0 Å². The largest absolute Gasteiger partial charge is 0.508 e. The number of aliphatic carboxylic acids is 1. The van der Waals surface area contributed by atoms with Gasteiger partial charge in [-0.15, -0.1) is 0 Å². The fraction of sp³-hybridized carbons (Fsp3) is 0.467. The number of carbonyl (C=O) groups excluding carboxylic acids is 1. The van der Waals surface area contributed by atoms with Gasteiger partial charge in [0.15, 0.2) is 0 Å². The molecule has 0 saturated heterocycles. The van der Waals surface area contributed by atoms with Crippen LogP contribution in [-0.2, 0) is 4.79 Å². The molecule has 0 spiro atoms. The molecule has 1 atom stereocenters. The number of rotatable bonds is 6. The lowest BCUT2D eigenvalue weighted by atomic mass is 10.1. The van der Waals surface area contributed by atoms with E-state index in [2.05, 4.69) is 5.32 Å². The van der Waals surface area contributed by atoms with Crippen molar-refractivity contribution >= 4 is 17.7 Å². The topological polar surface area (TPSA) is 89.9 Å². The lowest BCUT2D eigenvalue weighted by molar-refractivity contribution is -0.135. The molecule has 6 nitrogen and oxygen atoms in total. The number of hydrogen-bond donors (Lipinski definition) is 3. The van der Waals surface area contributed by atoms with Gasteiger partial charge < -0.3 is 15.5 Å². The molecule has 0 bridgehead atoms. The number of anilines is 1. The molecule has 21 heavy (non-hydrogen) atoms. The van der Waals surface area contributed by atoms with Crippen molar-refractivity contribution in [2.24, 2.45) is 5.92 Å². The molecule has 0 radical (unpaired) electrons. The first-order valence-corrected chi connectivity index (χ1v) is 7.04. The number of amides is 2. The van der Waals surface area contributed by atoms with E-state index in [0.717, 1.165) is 11.3 Å². The number of aromatic hydroxyl groups is 1. The van der Waals surface area contributed by atoms with Crippen molar-refractivity contribution in [1.82, 2.24) is 5.32 Å². The third kappa shape index (κ3) is 4.66. The Bertz CT molecular complexity index is 511. The van der Waals surface area contributed by atoms with Crippen molar-refractivity contribution in [2.75, 3.05) is 11.4 Å². The van der Waals surface area contributed by atoms with Gasteiger partial charge in [0.25, 0.3) is 0 Å². The van der Waals surface area contributed by atoms with Crippen LogP contribution in [0.4, 0.5) is 10.5 Å². The predicted octanol–water partition coefficient (Wildman–Crippen LogP) is 2.18. The summed E-state index contributed by atoms with van der Waals surface area (Å²) >= 11 is 0. The summed E-state index contributed by atoms with van der Waals surface area (Å²) in [5, 5.41) is 21.1. The average molecular weight is 292 g/mol. The summed E-state index contributed by atoms with van der Waals surface area (Å²) in [4.78, 5) is 24.4. The average Bonchev–Trinajstić information content (AvgIpc) is 3.20. The van der Waals surface area contributed by atoms with Gasteiger partial charge >= 0.3 is 12.0 Å². The van der Waals surface area contributed by atoms with E-state index in [1.807, 2.05) is 6.92 Å². The zero-order valence-corrected chi connectivity index (χ0v) is 12.0. The Morgan fingerprint density at radius 1 is 1.33 bits per heavy atom. The summed E-state index contributed by atoms with van der Waals surface area (Å²) in [5.41, 5.74) is 0.436. The third-order valence-electron chi connectivity index (χ3n) is 3.45. The highest BCUT2D eigenvalue weighted by atomic mass is 16.4. The molecule has 1 aliphatic carbocycles. The molecule has 2 rings (SSSR count). The van der Waals surface area contributed by atoms with Crippen molar-refractivity contribution in [2.45, 2.75) is 32.2 Å². The van der Waals surface area contributed by atoms with Crippen molar-refractivity contribution in [3.63, 3.8) is 0 Å². The molecule has 1 aromatic carbocycles. The normalized spacial score (nSPS) is 15.3. The molecule has 1 aliphatic rings. The SMILES string of the molecule is CC(CC1CC1)NC(=O)N(CC(=O)O)c1ccc(O)cc1. The summed E-state index contributed by atoms with van der Waals surface area (Å²) in [5.74, 6) is -0.341. The van der Waals surface area contributed by atoms with E-state index in [1.54, 1.807) is 0 Å². The van der Waals surface area contributed by atoms with Gasteiger partial charge in [0.05, 0.1) is 0 Å². The van der Waals surface area contributed by atoms with E-state index in [1.165, 1.54) is 37.1 Å². The van der Waals surface area contributed by atoms with Crippen LogP contribution in [0.15, 0.2) is 24.3 Å². The van der Waals surface area contributed by atoms with Gasteiger partial charge in [0.1, 0.15) is 12.3 Å². The number of phenols is 1. The second-order valence-electron chi connectivity index (χ2n) is 5.53. The minimum Gasteiger partial charge on any atom is -0.508 e. The number of nitrogens with one attached hydrogen (secondary N) is 1. The fourth-order valence-corrected chi connectivity index (χ4v) is 2.25. The number of phenolic OH excluding ortho intramolecular Hbond substituents is 1. The second-order valence-corrected chi connectivity index (χ2v) is 5.53. The molecule has 3 N–H and O–H groups in total. The molecule has 1 unspecified atom stereocenters. The maximum absolute atomic E-state index is 12.3. The summed E-state index contributed by atoms with van der Waals surface area (Å²) < 4.78 is 0. The summed E-state index contributed by atoms with van der Waals surface area (Å²) in [6.07, 6.45) is 3.33. The van der Waals surface area contributed by atoms with Crippen molar-refractivity contribution in [1.29, 1.82) is 0 Å². The molecular weight excluding hydrogens is 272 g/mol. The van der Waals surface area contributed by atoms with Crippen LogP contribution in [-0.4, -0.2) is 34.8 Å². The van der Waals surface area contributed by atoms with Crippen molar-refractivity contribution in [3.05, 3.63) is 24.3 Å². The van der Waals surface area contributed by atoms with E-state index in [4.69, 9.17) is 5.11 Å². The Hall–Kier alpha value is -2.24. The summed E-state index contributed by atoms with van der Waals surface area (Å²) in [6.45, 7) is 1.50. The Morgan fingerprint density at radius 3 is 2.48 bits per heavy atom. The lowest BCUT2D eigenvalue weighted by Crippen LogP contribution is -2.46. The summed E-state index contributed by atoms with van der Waals surface area (Å²) in [6, 6.07) is 5.46. The highest BCUT2D eigenvalue weighted by molar-refractivity contribution is 5.96. The van der Waals surface area contributed by atoms with Crippen LogP contribution < -0.4 is 10.2 Å². The van der Waals surface area contributed by atoms with E-state index in [0.29, 0.717) is 11.6 Å². The Balaban J connectivity index is 2.04. The predicted molar refractivity (Wildman–Crippen MR) is 78.4 cm³/mol. The Morgan fingerprint density at radius 2 is 1.95 bits per heavy atom. The first-order chi connectivity index (χ1) is 9.95. The van der Waals surface area contributed by atoms with Gasteiger partial charge in [-0.2, -0.15) is 0 Å². The quantitative estimate of drug-likeness (QED) is 0.749. The Labute approximate surface area is 123 Å². The highest BCUT2D eigenvalue weighted by Crippen LogP contribution is 2.33. The highest BCUT2D eigenvalue weighted by Gasteiger charge is 2.26. The van der Waals surface area contributed by atoms with Gasteiger partial charge in [0.2, 0.25) is 0 Å². The first-order valence-electron chi connectivity index (χ1n) is 7.04. The van der Waals surface area contributed by atoms with E-state index in [-0.39, 0.29) is 11.8 Å². The molecule has 114 valence electrons. The van der Waals surface area contributed by atoms with Gasteiger partial charge in [-0.3, -0.25) is 9.69 Å². The van der Waals surface area contributed by atoms with Crippen LogP contribution in [0.25, 0.3) is 0 Å². The van der Waals surface area contributed by atoms with Gasteiger partial charge in [-0.05, 0) is 43.5 Å². The zero-order chi connectivity index (χ0) is 15.4.